The summed E-state index contributed by atoms with van der Waals surface area (Å²) in [6, 6.07) is 14.7. The normalized spacial score (nSPS) is 15.2. The Balaban J connectivity index is 1.38. The maximum Gasteiger partial charge on any atom is 0.293 e. The lowest BCUT2D eigenvalue weighted by molar-refractivity contribution is -0.122. The minimum atomic E-state index is -0.375. The van der Waals surface area contributed by atoms with Crippen molar-refractivity contribution in [2.75, 3.05) is 20.2 Å². The molecule has 3 aromatic rings. The Morgan fingerprint density at radius 2 is 1.90 bits per heavy atom. The summed E-state index contributed by atoms with van der Waals surface area (Å²) in [5.74, 6) is 0.00615. The molecule has 6 nitrogen and oxygen atoms in total. The van der Waals surface area contributed by atoms with Crippen LogP contribution in [0, 0.1) is 0 Å². The maximum atomic E-state index is 12.6. The van der Waals surface area contributed by atoms with Crippen LogP contribution in [-0.4, -0.2) is 42.2 Å². The second-order valence-corrected chi connectivity index (χ2v) is 9.03. The lowest BCUT2D eigenvalue weighted by atomic mass is 10.2. The van der Waals surface area contributed by atoms with Crippen molar-refractivity contribution in [1.82, 2.24) is 10.2 Å². The number of benzene rings is 2. The van der Waals surface area contributed by atoms with Gasteiger partial charge >= 0.3 is 0 Å². The molecule has 0 spiro atoms. The molecule has 4 rings (SSSR count). The SMILES string of the molecule is COc1ccc(C=C2SC(=O)N(CCNC(=O)c3sc4ccccc4c3Cl)C2=O)cc1. The highest BCUT2D eigenvalue weighted by molar-refractivity contribution is 8.18. The van der Waals surface area contributed by atoms with Crippen molar-refractivity contribution >= 4 is 67.9 Å². The van der Waals surface area contributed by atoms with Crippen LogP contribution in [0.2, 0.25) is 5.02 Å². The van der Waals surface area contributed by atoms with Crippen LogP contribution >= 0.6 is 34.7 Å². The monoisotopic (exact) mass is 472 g/mol. The molecule has 0 bridgehead atoms. The van der Waals surface area contributed by atoms with E-state index in [1.165, 1.54) is 11.3 Å². The first-order valence-electron chi connectivity index (χ1n) is 9.32. The average molecular weight is 473 g/mol. The third-order valence-electron chi connectivity index (χ3n) is 4.65. The number of fused-ring (bicyclic) bond motifs is 1. The van der Waals surface area contributed by atoms with E-state index in [1.54, 1.807) is 25.3 Å². The van der Waals surface area contributed by atoms with Gasteiger partial charge in [0.2, 0.25) is 0 Å². The Hall–Kier alpha value is -2.81. The lowest BCUT2D eigenvalue weighted by Crippen LogP contribution is -2.37. The first-order valence-corrected chi connectivity index (χ1v) is 11.3. The molecular weight excluding hydrogens is 456 g/mol. The molecule has 0 aliphatic carbocycles. The van der Waals surface area contributed by atoms with E-state index in [-0.39, 0.29) is 30.1 Å². The van der Waals surface area contributed by atoms with E-state index < -0.39 is 0 Å². The van der Waals surface area contributed by atoms with Gasteiger partial charge in [0, 0.05) is 23.2 Å². The second-order valence-electron chi connectivity index (χ2n) is 6.60. The quantitative estimate of drug-likeness (QED) is 0.509. The first-order chi connectivity index (χ1) is 15.0. The summed E-state index contributed by atoms with van der Waals surface area (Å²) in [5, 5.41) is 3.62. The van der Waals surface area contributed by atoms with Crippen LogP contribution in [-0.2, 0) is 4.79 Å². The molecule has 9 heteroatoms. The first kappa shape index (κ1) is 21.4. The summed E-state index contributed by atoms with van der Waals surface area (Å²) in [4.78, 5) is 39.3. The number of amides is 3. The van der Waals surface area contributed by atoms with Crippen LogP contribution < -0.4 is 10.1 Å². The molecule has 0 saturated carbocycles. The minimum Gasteiger partial charge on any atom is -0.497 e. The molecule has 1 saturated heterocycles. The Labute approximate surface area is 191 Å². The van der Waals surface area contributed by atoms with Crippen molar-refractivity contribution in [3.8, 4) is 5.75 Å². The van der Waals surface area contributed by atoms with Crippen molar-refractivity contribution in [1.29, 1.82) is 0 Å². The molecule has 3 amide bonds. The minimum absolute atomic E-state index is 0.0822. The van der Waals surface area contributed by atoms with Crippen molar-refractivity contribution in [2.45, 2.75) is 0 Å². The van der Waals surface area contributed by atoms with E-state index >= 15 is 0 Å². The largest absolute Gasteiger partial charge is 0.497 e. The fraction of sp³-hybridized carbons (Fsp3) is 0.136. The number of nitrogens with one attached hydrogen (secondary N) is 1. The van der Waals surface area contributed by atoms with Gasteiger partial charge in [0.25, 0.3) is 17.1 Å². The van der Waals surface area contributed by atoms with Gasteiger partial charge in [0.1, 0.15) is 10.6 Å². The molecule has 1 N–H and O–H groups in total. The van der Waals surface area contributed by atoms with Crippen molar-refractivity contribution in [3.05, 3.63) is 68.9 Å². The van der Waals surface area contributed by atoms with Gasteiger partial charge in [0.15, 0.2) is 0 Å². The topological polar surface area (TPSA) is 75.7 Å². The molecule has 0 unspecified atom stereocenters. The highest BCUT2D eigenvalue weighted by atomic mass is 35.5. The molecule has 158 valence electrons. The molecule has 0 atom stereocenters. The molecule has 1 aliphatic heterocycles. The Bertz CT molecular complexity index is 1200. The van der Waals surface area contributed by atoms with E-state index in [2.05, 4.69) is 5.32 Å². The fourth-order valence-electron chi connectivity index (χ4n) is 3.07. The van der Waals surface area contributed by atoms with Crippen molar-refractivity contribution in [3.63, 3.8) is 0 Å². The van der Waals surface area contributed by atoms with Crippen LogP contribution in [0.4, 0.5) is 4.79 Å². The number of hydrogen-bond donors (Lipinski definition) is 1. The van der Waals surface area contributed by atoms with Gasteiger partial charge in [0.05, 0.1) is 17.0 Å². The van der Waals surface area contributed by atoms with Gasteiger partial charge in [-0.15, -0.1) is 11.3 Å². The van der Waals surface area contributed by atoms with Gasteiger partial charge in [-0.3, -0.25) is 19.3 Å². The Morgan fingerprint density at radius 3 is 2.61 bits per heavy atom. The van der Waals surface area contributed by atoms with Crippen LogP contribution in [0.25, 0.3) is 16.2 Å². The molecule has 2 heterocycles. The van der Waals surface area contributed by atoms with Gasteiger partial charge < -0.3 is 10.1 Å². The number of thiophene rings is 1. The molecule has 1 aromatic heterocycles. The zero-order valence-electron chi connectivity index (χ0n) is 16.4. The van der Waals surface area contributed by atoms with Crippen molar-refractivity contribution < 1.29 is 19.1 Å². The molecule has 0 radical (unpaired) electrons. The summed E-state index contributed by atoms with van der Waals surface area (Å²) in [6.07, 6.45) is 1.67. The molecular formula is C22H17ClN2O4S2. The van der Waals surface area contributed by atoms with E-state index in [0.717, 1.165) is 32.3 Å². The summed E-state index contributed by atoms with van der Waals surface area (Å²) in [6.45, 7) is 0.218. The summed E-state index contributed by atoms with van der Waals surface area (Å²) in [7, 11) is 1.58. The number of imide groups is 1. The number of carbonyl (C=O) groups excluding carboxylic acids is 3. The third kappa shape index (κ3) is 4.46. The van der Waals surface area contributed by atoms with Gasteiger partial charge in [-0.1, -0.05) is 41.9 Å². The number of ether oxygens (including phenoxy) is 1. The fourth-order valence-corrected chi connectivity index (χ4v) is 5.36. The lowest BCUT2D eigenvalue weighted by Gasteiger charge is -2.12. The average Bonchev–Trinajstić information content (AvgIpc) is 3.25. The molecule has 2 aromatic carbocycles. The van der Waals surface area contributed by atoms with Gasteiger partial charge in [-0.2, -0.15) is 0 Å². The molecule has 1 aliphatic rings. The van der Waals surface area contributed by atoms with Crippen LogP contribution in [0.15, 0.2) is 53.4 Å². The summed E-state index contributed by atoms with van der Waals surface area (Å²) < 4.78 is 6.04. The van der Waals surface area contributed by atoms with Crippen LogP contribution in [0.1, 0.15) is 15.2 Å². The number of halogens is 1. The molecule has 31 heavy (non-hydrogen) atoms. The second kappa shape index (κ2) is 9.13. The standard InChI is InChI=1S/C22H17ClN2O4S2/c1-29-14-8-6-13(7-9-14)12-17-21(27)25(22(28)31-17)11-10-24-20(26)19-18(23)15-4-2-3-5-16(15)30-19/h2-9,12H,10-11H2,1H3,(H,24,26). The zero-order chi connectivity index (χ0) is 22.0. The number of rotatable bonds is 6. The van der Waals surface area contributed by atoms with Gasteiger partial charge in [-0.05, 0) is 41.6 Å². The number of nitrogens with zero attached hydrogens (tertiary/aromatic N) is 1. The maximum absolute atomic E-state index is 12.6. The van der Waals surface area contributed by atoms with Crippen LogP contribution in [0.3, 0.4) is 0 Å². The number of hydrogen-bond acceptors (Lipinski definition) is 6. The predicted molar refractivity (Wildman–Crippen MR) is 125 cm³/mol. The van der Waals surface area contributed by atoms with Gasteiger partial charge in [-0.25, -0.2) is 0 Å². The third-order valence-corrected chi connectivity index (χ3v) is 7.23. The highest BCUT2D eigenvalue weighted by Crippen LogP contribution is 2.35. The predicted octanol–water partition coefficient (Wildman–Crippen LogP) is 5.03. The smallest absolute Gasteiger partial charge is 0.293 e. The highest BCUT2D eigenvalue weighted by Gasteiger charge is 2.34. The van der Waals surface area contributed by atoms with E-state index in [1.807, 2.05) is 36.4 Å². The summed E-state index contributed by atoms with van der Waals surface area (Å²) in [5.41, 5.74) is 0.791. The summed E-state index contributed by atoms with van der Waals surface area (Å²) >= 11 is 8.52. The number of thioether (sulfide) groups is 1. The van der Waals surface area contributed by atoms with E-state index in [0.29, 0.717) is 20.6 Å². The van der Waals surface area contributed by atoms with Crippen LogP contribution in [0.5, 0.6) is 5.75 Å². The van der Waals surface area contributed by atoms with Crippen molar-refractivity contribution in [2.24, 2.45) is 0 Å². The molecule has 1 fully saturated rings. The zero-order valence-corrected chi connectivity index (χ0v) is 18.8. The van der Waals surface area contributed by atoms with E-state index in [4.69, 9.17) is 16.3 Å². The Morgan fingerprint density at radius 1 is 1.16 bits per heavy atom. The number of methoxy groups -OCH3 is 1. The van der Waals surface area contributed by atoms with E-state index in [9.17, 15) is 14.4 Å². The Kier molecular flexibility index (Phi) is 6.31. The number of carbonyl (C=O) groups is 3.